The number of halogens is 1. The predicted octanol–water partition coefficient (Wildman–Crippen LogP) is 1.10. The Morgan fingerprint density at radius 1 is 1.35 bits per heavy atom. The average Bonchev–Trinajstić information content (AvgIpc) is 2.30. The molecule has 1 aliphatic carbocycles. The summed E-state index contributed by atoms with van der Waals surface area (Å²) in [5, 5.41) is 16.3. The van der Waals surface area contributed by atoms with Crippen LogP contribution < -0.4 is 10.6 Å². The maximum absolute atomic E-state index is 10.3. The van der Waals surface area contributed by atoms with E-state index in [0.29, 0.717) is 19.0 Å². The van der Waals surface area contributed by atoms with E-state index in [-0.39, 0.29) is 24.0 Å². The third kappa shape index (κ3) is 6.13. The molecule has 0 aliphatic heterocycles. The lowest BCUT2D eigenvalue weighted by Crippen LogP contribution is -2.48. The van der Waals surface area contributed by atoms with Crippen LogP contribution in [0, 0.1) is 12.3 Å². The van der Waals surface area contributed by atoms with E-state index in [9.17, 15) is 5.11 Å². The standard InChI is InChI=1S/C12H21N3O.HI/c1-3-9-14-11(13-2)15-10-12(16)7-5-4-6-8-12;/h1,16H,4-10H2,2H3,(H2,13,14,15);1H. The third-order valence-electron chi connectivity index (χ3n) is 2.95. The minimum atomic E-state index is -0.577. The zero-order valence-electron chi connectivity index (χ0n) is 10.3. The van der Waals surface area contributed by atoms with Crippen molar-refractivity contribution in [1.29, 1.82) is 0 Å². The van der Waals surface area contributed by atoms with E-state index in [4.69, 9.17) is 6.42 Å². The number of hydrogen-bond acceptors (Lipinski definition) is 2. The summed E-state index contributed by atoms with van der Waals surface area (Å²) >= 11 is 0. The second-order valence-corrected chi connectivity index (χ2v) is 4.27. The van der Waals surface area contributed by atoms with Crippen molar-refractivity contribution in [2.45, 2.75) is 37.7 Å². The molecule has 0 aromatic carbocycles. The molecule has 0 spiro atoms. The van der Waals surface area contributed by atoms with Crippen LogP contribution in [-0.2, 0) is 0 Å². The highest BCUT2D eigenvalue weighted by Crippen LogP contribution is 2.27. The van der Waals surface area contributed by atoms with E-state index >= 15 is 0 Å². The molecule has 0 aromatic heterocycles. The fourth-order valence-corrected chi connectivity index (χ4v) is 1.99. The maximum atomic E-state index is 10.3. The summed E-state index contributed by atoms with van der Waals surface area (Å²) in [7, 11) is 1.69. The summed E-state index contributed by atoms with van der Waals surface area (Å²) in [6, 6.07) is 0. The monoisotopic (exact) mass is 351 g/mol. The second kappa shape index (κ2) is 8.59. The molecule has 1 fully saturated rings. The van der Waals surface area contributed by atoms with Gasteiger partial charge in [0.25, 0.3) is 0 Å². The molecule has 0 radical (unpaired) electrons. The van der Waals surface area contributed by atoms with Gasteiger partial charge in [0.2, 0.25) is 0 Å². The molecule has 4 nitrogen and oxygen atoms in total. The van der Waals surface area contributed by atoms with Crippen LogP contribution in [0.15, 0.2) is 4.99 Å². The van der Waals surface area contributed by atoms with Gasteiger partial charge in [-0.05, 0) is 12.8 Å². The van der Waals surface area contributed by atoms with Crippen molar-refractivity contribution in [1.82, 2.24) is 10.6 Å². The first kappa shape index (κ1) is 16.5. The Morgan fingerprint density at radius 2 is 2.00 bits per heavy atom. The number of nitrogens with zero attached hydrogens (tertiary/aromatic N) is 1. The van der Waals surface area contributed by atoms with Gasteiger partial charge in [-0.25, -0.2) is 0 Å². The van der Waals surface area contributed by atoms with Gasteiger partial charge in [0, 0.05) is 13.6 Å². The van der Waals surface area contributed by atoms with E-state index in [1.807, 2.05) is 0 Å². The van der Waals surface area contributed by atoms with Crippen LogP contribution in [0.5, 0.6) is 0 Å². The molecule has 0 bridgehead atoms. The fourth-order valence-electron chi connectivity index (χ4n) is 1.99. The largest absolute Gasteiger partial charge is 0.388 e. The van der Waals surface area contributed by atoms with E-state index < -0.39 is 5.60 Å². The Bertz CT molecular complexity index is 280. The normalized spacial score (nSPS) is 18.8. The highest BCUT2D eigenvalue weighted by Gasteiger charge is 2.28. The molecule has 1 aliphatic rings. The van der Waals surface area contributed by atoms with Gasteiger partial charge in [-0.15, -0.1) is 30.4 Å². The number of aliphatic hydroxyl groups is 1. The lowest BCUT2D eigenvalue weighted by Gasteiger charge is -2.32. The van der Waals surface area contributed by atoms with E-state index in [0.717, 1.165) is 25.7 Å². The van der Waals surface area contributed by atoms with Crippen molar-refractivity contribution in [3.63, 3.8) is 0 Å². The van der Waals surface area contributed by atoms with Crippen LogP contribution in [-0.4, -0.2) is 36.8 Å². The topological polar surface area (TPSA) is 56.7 Å². The molecule has 98 valence electrons. The molecule has 1 saturated carbocycles. The third-order valence-corrected chi connectivity index (χ3v) is 2.95. The van der Waals surface area contributed by atoms with Gasteiger partial charge in [0.1, 0.15) is 0 Å². The van der Waals surface area contributed by atoms with E-state index in [1.165, 1.54) is 6.42 Å². The number of guanidine groups is 1. The Kier molecular flexibility index (Phi) is 8.35. The van der Waals surface area contributed by atoms with Crippen LogP contribution in [0.1, 0.15) is 32.1 Å². The van der Waals surface area contributed by atoms with Crippen molar-refractivity contribution in [2.24, 2.45) is 4.99 Å². The summed E-state index contributed by atoms with van der Waals surface area (Å²) in [6.07, 6.45) is 10.3. The van der Waals surface area contributed by atoms with E-state index in [2.05, 4.69) is 21.5 Å². The first-order valence-corrected chi connectivity index (χ1v) is 5.80. The second-order valence-electron chi connectivity index (χ2n) is 4.27. The highest BCUT2D eigenvalue weighted by molar-refractivity contribution is 14.0. The predicted molar refractivity (Wildman–Crippen MR) is 81.6 cm³/mol. The number of aliphatic imine (C=N–C) groups is 1. The summed E-state index contributed by atoms with van der Waals surface area (Å²) in [5.41, 5.74) is -0.577. The quantitative estimate of drug-likeness (QED) is 0.309. The van der Waals surface area contributed by atoms with Crippen molar-refractivity contribution < 1.29 is 5.11 Å². The number of rotatable bonds is 3. The molecule has 1 rings (SSSR count). The smallest absolute Gasteiger partial charge is 0.191 e. The number of hydrogen-bond donors (Lipinski definition) is 3. The van der Waals surface area contributed by atoms with Crippen LogP contribution in [0.25, 0.3) is 0 Å². The summed E-state index contributed by atoms with van der Waals surface area (Å²) < 4.78 is 0. The number of terminal acetylenes is 1. The van der Waals surface area contributed by atoms with Gasteiger partial charge in [0.05, 0.1) is 12.1 Å². The Hall–Kier alpha value is -0.480. The molecular formula is C12H22IN3O. The maximum Gasteiger partial charge on any atom is 0.191 e. The summed E-state index contributed by atoms with van der Waals surface area (Å²) in [6.45, 7) is 0.981. The van der Waals surface area contributed by atoms with Crippen LogP contribution in [0.2, 0.25) is 0 Å². The van der Waals surface area contributed by atoms with Crippen LogP contribution in [0.4, 0.5) is 0 Å². The van der Waals surface area contributed by atoms with Crippen LogP contribution in [0.3, 0.4) is 0 Å². The lowest BCUT2D eigenvalue weighted by molar-refractivity contribution is 0.00861. The molecule has 0 saturated heterocycles. The minimum Gasteiger partial charge on any atom is -0.388 e. The highest BCUT2D eigenvalue weighted by atomic mass is 127. The molecule has 17 heavy (non-hydrogen) atoms. The fraction of sp³-hybridized carbons (Fsp3) is 0.750. The van der Waals surface area contributed by atoms with Gasteiger partial charge in [0.15, 0.2) is 5.96 Å². The van der Waals surface area contributed by atoms with Crippen LogP contribution >= 0.6 is 24.0 Å². The van der Waals surface area contributed by atoms with E-state index in [1.54, 1.807) is 7.05 Å². The lowest BCUT2D eigenvalue weighted by atomic mass is 9.85. The summed E-state index contributed by atoms with van der Waals surface area (Å²) in [4.78, 5) is 4.03. The molecule has 0 amide bonds. The van der Waals surface area contributed by atoms with Gasteiger partial charge in [-0.2, -0.15) is 0 Å². The van der Waals surface area contributed by atoms with Gasteiger partial charge >= 0.3 is 0 Å². The summed E-state index contributed by atoms with van der Waals surface area (Å²) in [5.74, 6) is 3.14. The van der Waals surface area contributed by atoms with Gasteiger partial charge in [-0.1, -0.05) is 25.2 Å². The van der Waals surface area contributed by atoms with Gasteiger partial charge < -0.3 is 15.7 Å². The molecule has 0 atom stereocenters. The first-order valence-electron chi connectivity index (χ1n) is 5.80. The van der Waals surface area contributed by atoms with Crippen molar-refractivity contribution in [2.75, 3.05) is 20.1 Å². The average molecular weight is 351 g/mol. The molecule has 0 unspecified atom stereocenters. The molecule has 3 N–H and O–H groups in total. The SMILES string of the molecule is C#CCNC(=NC)NCC1(O)CCCCC1.I. The van der Waals surface area contributed by atoms with Crippen molar-refractivity contribution in [3.8, 4) is 12.3 Å². The first-order chi connectivity index (χ1) is 7.70. The van der Waals surface area contributed by atoms with Crippen molar-refractivity contribution >= 4 is 29.9 Å². The zero-order chi connectivity index (χ0) is 11.9. The number of nitrogens with one attached hydrogen (secondary N) is 2. The molecule has 0 heterocycles. The molecule has 0 aromatic rings. The zero-order valence-corrected chi connectivity index (χ0v) is 12.7. The minimum absolute atomic E-state index is 0. The Labute approximate surface area is 121 Å². The van der Waals surface area contributed by atoms with Gasteiger partial charge in [-0.3, -0.25) is 4.99 Å². The molecular weight excluding hydrogens is 329 g/mol. The Balaban J connectivity index is 0.00000256. The Morgan fingerprint density at radius 3 is 2.53 bits per heavy atom. The van der Waals surface area contributed by atoms with Crippen molar-refractivity contribution in [3.05, 3.63) is 0 Å². The molecule has 5 heteroatoms.